The van der Waals surface area contributed by atoms with Crippen molar-refractivity contribution in [1.29, 1.82) is 0 Å². The second-order valence-corrected chi connectivity index (χ2v) is 5.64. The molecule has 0 saturated carbocycles. The summed E-state index contributed by atoms with van der Waals surface area (Å²) in [7, 11) is 1.55. The van der Waals surface area contributed by atoms with Crippen LogP contribution in [0.3, 0.4) is 0 Å². The average Bonchev–Trinajstić information content (AvgIpc) is 3.10. The van der Waals surface area contributed by atoms with Crippen LogP contribution in [0.5, 0.6) is 5.75 Å². The molecule has 0 bridgehead atoms. The molecule has 6 heteroatoms. The van der Waals surface area contributed by atoms with Gasteiger partial charge >= 0.3 is 11.8 Å². The number of carbonyl (C=O) groups is 1. The Kier molecular flexibility index (Phi) is 5.09. The van der Waals surface area contributed by atoms with Gasteiger partial charge in [0, 0.05) is 6.42 Å². The normalized spacial score (nSPS) is 10.5. The van der Waals surface area contributed by atoms with Gasteiger partial charge in [-0.1, -0.05) is 36.4 Å². The number of ether oxygens (including phenoxy) is 1. The van der Waals surface area contributed by atoms with E-state index in [0.29, 0.717) is 23.7 Å². The molecular formula is C19H19N3O3. The molecule has 0 unspecified atom stereocenters. The van der Waals surface area contributed by atoms with Gasteiger partial charge in [0.2, 0.25) is 5.89 Å². The minimum Gasteiger partial charge on any atom is -0.495 e. The largest absolute Gasteiger partial charge is 0.495 e. The van der Waals surface area contributed by atoms with Crippen molar-refractivity contribution < 1.29 is 13.9 Å². The van der Waals surface area contributed by atoms with Gasteiger partial charge in [-0.15, -0.1) is 10.2 Å². The van der Waals surface area contributed by atoms with Crippen LogP contribution >= 0.6 is 0 Å². The number of benzene rings is 2. The standard InChI is InChI=1S/C19H19N3O3/c1-13-8-10-16(24-2)15(12-13)20-18(23)19-22-21-17(25-19)11-9-14-6-4-3-5-7-14/h3-8,10,12H,9,11H2,1-2H3,(H,20,23). The lowest BCUT2D eigenvalue weighted by molar-refractivity contribution is 0.0988. The Labute approximate surface area is 145 Å². The van der Waals surface area contributed by atoms with E-state index in [2.05, 4.69) is 15.5 Å². The molecule has 1 heterocycles. The van der Waals surface area contributed by atoms with Gasteiger partial charge in [-0.3, -0.25) is 4.79 Å². The van der Waals surface area contributed by atoms with E-state index in [0.717, 1.165) is 12.0 Å². The third-order valence-electron chi connectivity index (χ3n) is 3.73. The number of aromatic nitrogens is 2. The molecule has 25 heavy (non-hydrogen) atoms. The van der Waals surface area contributed by atoms with Gasteiger partial charge in [0.1, 0.15) is 5.75 Å². The lowest BCUT2D eigenvalue weighted by Crippen LogP contribution is -2.13. The van der Waals surface area contributed by atoms with Crippen molar-refractivity contribution in [3.05, 3.63) is 71.4 Å². The van der Waals surface area contributed by atoms with Crippen molar-refractivity contribution >= 4 is 11.6 Å². The molecule has 6 nitrogen and oxygen atoms in total. The highest BCUT2D eigenvalue weighted by atomic mass is 16.5. The van der Waals surface area contributed by atoms with Crippen LogP contribution in [0.1, 0.15) is 27.7 Å². The monoisotopic (exact) mass is 337 g/mol. The van der Waals surface area contributed by atoms with Gasteiger partial charge in [-0.05, 0) is 36.6 Å². The van der Waals surface area contributed by atoms with Crippen LogP contribution in [0.4, 0.5) is 5.69 Å². The highest BCUT2D eigenvalue weighted by Crippen LogP contribution is 2.25. The Morgan fingerprint density at radius 1 is 1.12 bits per heavy atom. The molecule has 0 atom stereocenters. The minimum absolute atomic E-state index is 0.0633. The second-order valence-electron chi connectivity index (χ2n) is 5.64. The molecule has 2 aromatic carbocycles. The SMILES string of the molecule is COc1ccc(C)cc1NC(=O)c1nnc(CCc2ccccc2)o1. The molecule has 0 radical (unpaired) electrons. The molecular weight excluding hydrogens is 318 g/mol. The van der Waals surface area contributed by atoms with Crippen LogP contribution in [0, 0.1) is 6.92 Å². The predicted molar refractivity (Wildman–Crippen MR) is 93.8 cm³/mol. The van der Waals surface area contributed by atoms with Gasteiger partial charge in [0.25, 0.3) is 0 Å². The van der Waals surface area contributed by atoms with Crippen LogP contribution in [0.2, 0.25) is 0 Å². The third-order valence-corrected chi connectivity index (χ3v) is 3.73. The van der Waals surface area contributed by atoms with E-state index in [9.17, 15) is 4.79 Å². The third kappa shape index (κ3) is 4.23. The number of hydrogen-bond donors (Lipinski definition) is 1. The summed E-state index contributed by atoms with van der Waals surface area (Å²) in [6.45, 7) is 1.93. The fourth-order valence-electron chi connectivity index (χ4n) is 2.44. The quantitative estimate of drug-likeness (QED) is 0.746. The second kappa shape index (κ2) is 7.61. The van der Waals surface area contributed by atoms with Crippen LogP contribution in [-0.4, -0.2) is 23.2 Å². The van der Waals surface area contributed by atoms with E-state index in [-0.39, 0.29) is 5.89 Å². The first-order valence-corrected chi connectivity index (χ1v) is 7.98. The van der Waals surface area contributed by atoms with Crippen LogP contribution in [0.15, 0.2) is 52.9 Å². The zero-order valence-electron chi connectivity index (χ0n) is 14.2. The van der Waals surface area contributed by atoms with Crippen molar-refractivity contribution in [2.24, 2.45) is 0 Å². The van der Waals surface area contributed by atoms with Crippen molar-refractivity contribution in [2.45, 2.75) is 19.8 Å². The van der Waals surface area contributed by atoms with Gasteiger partial charge in [0.05, 0.1) is 12.8 Å². The molecule has 1 aromatic heterocycles. The Morgan fingerprint density at radius 2 is 1.92 bits per heavy atom. The summed E-state index contributed by atoms with van der Waals surface area (Å²) >= 11 is 0. The summed E-state index contributed by atoms with van der Waals surface area (Å²) in [5, 5.41) is 10.5. The molecule has 128 valence electrons. The molecule has 0 aliphatic rings. The summed E-state index contributed by atoms with van der Waals surface area (Å²) in [6.07, 6.45) is 1.36. The lowest BCUT2D eigenvalue weighted by atomic mass is 10.1. The number of nitrogens with zero attached hydrogens (tertiary/aromatic N) is 2. The van der Waals surface area contributed by atoms with E-state index in [1.165, 1.54) is 5.56 Å². The minimum atomic E-state index is -0.456. The Hall–Kier alpha value is -3.15. The van der Waals surface area contributed by atoms with Gasteiger partial charge in [-0.2, -0.15) is 0 Å². The first kappa shape index (κ1) is 16.7. The number of rotatable bonds is 6. The number of carbonyl (C=O) groups excluding carboxylic acids is 1. The van der Waals surface area contributed by atoms with Gasteiger partial charge < -0.3 is 14.5 Å². The van der Waals surface area contributed by atoms with Crippen molar-refractivity contribution in [2.75, 3.05) is 12.4 Å². The van der Waals surface area contributed by atoms with Crippen molar-refractivity contribution in [3.8, 4) is 5.75 Å². The topological polar surface area (TPSA) is 77.2 Å². The van der Waals surface area contributed by atoms with Crippen molar-refractivity contribution in [1.82, 2.24) is 10.2 Å². The lowest BCUT2D eigenvalue weighted by Gasteiger charge is -2.09. The van der Waals surface area contributed by atoms with E-state index in [1.54, 1.807) is 13.2 Å². The maximum absolute atomic E-state index is 12.3. The summed E-state index contributed by atoms with van der Waals surface area (Å²) < 4.78 is 10.7. The zero-order valence-corrected chi connectivity index (χ0v) is 14.2. The highest BCUT2D eigenvalue weighted by molar-refractivity contribution is 6.01. The van der Waals surface area contributed by atoms with Crippen molar-refractivity contribution in [3.63, 3.8) is 0 Å². The van der Waals surface area contributed by atoms with E-state index in [4.69, 9.17) is 9.15 Å². The Balaban J connectivity index is 1.65. The summed E-state index contributed by atoms with van der Waals surface area (Å²) in [5.74, 6) is 0.488. The first-order valence-electron chi connectivity index (χ1n) is 7.98. The maximum Gasteiger partial charge on any atom is 0.313 e. The fraction of sp³-hybridized carbons (Fsp3) is 0.211. The number of aryl methyl sites for hydroxylation is 3. The molecule has 0 saturated heterocycles. The molecule has 0 fully saturated rings. The molecule has 1 N–H and O–H groups in total. The maximum atomic E-state index is 12.3. The van der Waals surface area contributed by atoms with Crippen LogP contribution < -0.4 is 10.1 Å². The number of hydrogen-bond acceptors (Lipinski definition) is 5. The van der Waals surface area contributed by atoms with E-state index < -0.39 is 5.91 Å². The fourth-order valence-corrected chi connectivity index (χ4v) is 2.44. The average molecular weight is 337 g/mol. The van der Waals surface area contributed by atoms with E-state index >= 15 is 0 Å². The first-order chi connectivity index (χ1) is 12.2. The van der Waals surface area contributed by atoms with Crippen LogP contribution in [-0.2, 0) is 12.8 Å². The number of anilines is 1. The Morgan fingerprint density at radius 3 is 2.68 bits per heavy atom. The van der Waals surface area contributed by atoms with Gasteiger partial charge in [0.15, 0.2) is 0 Å². The highest BCUT2D eigenvalue weighted by Gasteiger charge is 2.17. The molecule has 3 rings (SSSR count). The smallest absolute Gasteiger partial charge is 0.313 e. The van der Waals surface area contributed by atoms with Crippen LogP contribution in [0.25, 0.3) is 0 Å². The molecule has 0 aliphatic heterocycles. The zero-order chi connectivity index (χ0) is 17.6. The Bertz CT molecular complexity index is 859. The van der Waals surface area contributed by atoms with E-state index in [1.807, 2.05) is 49.4 Å². The summed E-state index contributed by atoms with van der Waals surface area (Å²) in [4.78, 5) is 12.3. The summed E-state index contributed by atoms with van der Waals surface area (Å²) in [6, 6.07) is 15.5. The molecule has 0 aliphatic carbocycles. The molecule has 1 amide bonds. The number of amides is 1. The summed E-state index contributed by atoms with van der Waals surface area (Å²) in [5.41, 5.74) is 2.75. The number of nitrogens with one attached hydrogen (secondary N) is 1. The molecule has 3 aromatic rings. The van der Waals surface area contributed by atoms with Gasteiger partial charge in [-0.25, -0.2) is 0 Å². The predicted octanol–water partition coefficient (Wildman–Crippen LogP) is 3.42. The number of methoxy groups -OCH3 is 1. The molecule has 0 spiro atoms.